The zero-order valence-electron chi connectivity index (χ0n) is 18.5. The molecule has 2 aromatic carbocycles. The lowest BCUT2D eigenvalue weighted by Crippen LogP contribution is -2.15. The van der Waals surface area contributed by atoms with Crippen molar-refractivity contribution in [2.75, 3.05) is 11.1 Å². The van der Waals surface area contributed by atoms with Gasteiger partial charge in [0.25, 0.3) is 0 Å². The Morgan fingerprint density at radius 1 is 1.25 bits per heavy atom. The standard InChI is InChI=1S/C24H27FN4O2S/c1-5-12-29-22(14-31-21-13-17(4)6-11-20(21)16(2)3)27-28-24(29)32-15-23(30)26-19-9-7-18(25)8-10-19/h5-11,13,16H,1,12,14-15H2,2-4H3,(H,26,30). The van der Waals surface area contributed by atoms with Gasteiger partial charge in [-0.25, -0.2) is 4.39 Å². The van der Waals surface area contributed by atoms with Crippen molar-refractivity contribution in [2.24, 2.45) is 0 Å². The fraction of sp³-hybridized carbons (Fsp3) is 0.292. The van der Waals surface area contributed by atoms with E-state index in [0.717, 1.165) is 16.9 Å². The molecule has 0 spiro atoms. The Hall–Kier alpha value is -3.13. The number of rotatable bonds is 10. The maximum Gasteiger partial charge on any atom is 0.234 e. The average molecular weight is 455 g/mol. The van der Waals surface area contributed by atoms with Crippen LogP contribution in [0.1, 0.15) is 36.7 Å². The van der Waals surface area contributed by atoms with Crippen LogP contribution in [-0.4, -0.2) is 26.4 Å². The van der Waals surface area contributed by atoms with Crippen LogP contribution < -0.4 is 10.1 Å². The van der Waals surface area contributed by atoms with Gasteiger partial charge in [0.05, 0.1) is 5.75 Å². The van der Waals surface area contributed by atoms with Crippen molar-refractivity contribution in [2.45, 2.75) is 45.0 Å². The molecular formula is C24H27FN4O2S. The van der Waals surface area contributed by atoms with E-state index in [4.69, 9.17) is 4.74 Å². The molecule has 0 fully saturated rings. The number of allylic oxidation sites excluding steroid dienone is 1. The van der Waals surface area contributed by atoms with Gasteiger partial charge in [-0.15, -0.1) is 16.8 Å². The number of aromatic nitrogens is 3. The van der Waals surface area contributed by atoms with E-state index in [1.807, 2.05) is 17.6 Å². The van der Waals surface area contributed by atoms with Crippen molar-refractivity contribution in [1.82, 2.24) is 14.8 Å². The SMILES string of the molecule is C=CCn1c(COc2cc(C)ccc2C(C)C)nnc1SCC(=O)Nc1ccc(F)cc1. The van der Waals surface area contributed by atoms with E-state index in [1.165, 1.54) is 36.0 Å². The van der Waals surface area contributed by atoms with Crippen LogP contribution in [0.15, 0.2) is 60.3 Å². The highest BCUT2D eigenvalue weighted by Crippen LogP contribution is 2.28. The predicted octanol–water partition coefficient (Wildman–Crippen LogP) is 5.34. The molecule has 1 heterocycles. The van der Waals surface area contributed by atoms with Crippen LogP contribution in [0, 0.1) is 12.7 Å². The highest BCUT2D eigenvalue weighted by atomic mass is 32.2. The van der Waals surface area contributed by atoms with Crippen molar-refractivity contribution in [3.8, 4) is 5.75 Å². The summed E-state index contributed by atoms with van der Waals surface area (Å²) in [5.74, 6) is 1.40. The third-order valence-corrected chi connectivity index (χ3v) is 5.68. The molecule has 0 bridgehead atoms. The van der Waals surface area contributed by atoms with Crippen molar-refractivity contribution in [3.63, 3.8) is 0 Å². The summed E-state index contributed by atoms with van der Waals surface area (Å²) in [5, 5.41) is 11.8. The molecule has 0 saturated carbocycles. The number of hydrogen-bond donors (Lipinski definition) is 1. The minimum atomic E-state index is -0.351. The Balaban J connectivity index is 1.66. The van der Waals surface area contributed by atoms with E-state index >= 15 is 0 Å². The number of thioether (sulfide) groups is 1. The number of benzene rings is 2. The van der Waals surface area contributed by atoms with Crippen LogP contribution >= 0.6 is 11.8 Å². The van der Waals surface area contributed by atoms with E-state index in [0.29, 0.717) is 29.1 Å². The number of hydrogen-bond acceptors (Lipinski definition) is 5. The fourth-order valence-corrected chi connectivity index (χ4v) is 3.86. The van der Waals surface area contributed by atoms with Gasteiger partial charge in [-0.2, -0.15) is 0 Å². The molecule has 6 nitrogen and oxygen atoms in total. The zero-order valence-corrected chi connectivity index (χ0v) is 19.3. The topological polar surface area (TPSA) is 69.0 Å². The van der Waals surface area contributed by atoms with Gasteiger partial charge in [0.15, 0.2) is 11.0 Å². The molecule has 0 unspecified atom stereocenters. The molecule has 168 valence electrons. The normalized spacial score (nSPS) is 10.9. The van der Waals surface area contributed by atoms with Gasteiger partial charge in [-0.05, 0) is 54.3 Å². The summed E-state index contributed by atoms with van der Waals surface area (Å²) in [6.45, 7) is 10.8. The van der Waals surface area contributed by atoms with Gasteiger partial charge in [0.2, 0.25) is 5.91 Å². The molecule has 0 atom stereocenters. The maximum absolute atomic E-state index is 13.0. The second kappa shape index (κ2) is 10.9. The molecule has 1 aromatic heterocycles. The number of amides is 1. The molecule has 32 heavy (non-hydrogen) atoms. The lowest BCUT2D eigenvalue weighted by molar-refractivity contribution is -0.113. The summed E-state index contributed by atoms with van der Waals surface area (Å²) in [6.07, 6.45) is 1.75. The number of halogens is 1. The zero-order chi connectivity index (χ0) is 23.1. The highest BCUT2D eigenvalue weighted by Gasteiger charge is 2.16. The molecule has 8 heteroatoms. The predicted molar refractivity (Wildman–Crippen MR) is 126 cm³/mol. The van der Waals surface area contributed by atoms with Crippen molar-refractivity contribution in [3.05, 3.63) is 77.9 Å². The Labute approximate surface area is 191 Å². The molecule has 1 N–H and O–H groups in total. The number of carbonyl (C=O) groups is 1. The van der Waals surface area contributed by atoms with Crippen LogP contribution in [0.3, 0.4) is 0 Å². The Morgan fingerprint density at radius 3 is 2.69 bits per heavy atom. The third-order valence-electron chi connectivity index (χ3n) is 4.71. The van der Waals surface area contributed by atoms with Gasteiger partial charge in [0.1, 0.15) is 18.2 Å². The number of carbonyl (C=O) groups excluding carboxylic acids is 1. The first-order valence-corrected chi connectivity index (χ1v) is 11.3. The van der Waals surface area contributed by atoms with Crippen LogP contribution in [0.25, 0.3) is 0 Å². The summed E-state index contributed by atoms with van der Waals surface area (Å²) in [6, 6.07) is 11.8. The quantitative estimate of drug-likeness (QED) is 0.331. The summed E-state index contributed by atoms with van der Waals surface area (Å²) in [5.41, 5.74) is 2.80. The van der Waals surface area contributed by atoms with Crippen LogP contribution in [-0.2, 0) is 17.9 Å². The Morgan fingerprint density at radius 2 is 2.00 bits per heavy atom. The Bertz CT molecular complexity index is 1080. The van der Waals surface area contributed by atoms with Gasteiger partial charge in [-0.1, -0.05) is 43.8 Å². The lowest BCUT2D eigenvalue weighted by Gasteiger charge is -2.15. The molecular weight excluding hydrogens is 427 g/mol. The second-order valence-corrected chi connectivity index (χ2v) is 8.57. The van der Waals surface area contributed by atoms with Gasteiger partial charge >= 0.3 is 0 Å². The molecule has 1 amide bonds. The minimum Gasteiger partial charge on any atom is -0.485 e. The largest absolute Gasteiger partial charge is 0.485 e. The van der Waals surface area contributed by atoms with E-state index in [9.17, 15) is 9.18 Å². The third kappa shape index (κ3) is 6.20. The monoisotopic (exact) mass is 454 g/mol. The van der Waals surface area contributed by atoms with Gasteiger partial charge < -0.3 is 10.1 Å². The number of nitrogens with one attached hydrogen (secondary N) is 1. The summed E-state index contributed by atoms with van der Waals surface area (Å²) in [4.78, 5) is 12.3. The maximum atomic E-state index is 13.0. The van der Waals surface area contributed by atoms with Crippen molar-refractivity contribution in [1.29, 1.82) is 0 Å². The van der Waals surface area contributed by atoms with E-state index < -0.39 is 0 Å². The minimum absolute atomic E-state index is 0.142. The number of anilines is 1. The first-order valence-electron chi connectivity index (χ1n) is 10.3. The average Bonchev–Trinajstić information content (AvgIpc) is 3.14. The van der Waals surface area contributed by atoms with E-state index in [1.54, 1.807) is 6.08 Å². The van der Waals surface area contributed by atoms with Crippen LogP contribution in [0.2, 0.25) is 0 Å². The molecule has 0 aliphatic carbocycles. The smallest absolute Gasteiger partial charge is 0.234 e. The van der Waals surface area contributed by atoms with Crippen LogP contribution in [0.5, 0.6) is 5.75 Å². The van der Waals surface area contributed by atoms with E-state index in [-0.39, 0.29) is 24.1 Å². The van der Waals surface area contributed by atoms with E-state index in [2.05, 4.69) is 48.1 Å². The lowest BCUT2D eigenvalue weighted by atomic mass is 10.0. The molecule has 0 aliphatic heterocycles. The second-order valence-electron chi connectivity index (χ2n) is 7.63. The number of nitrogens with zero attached hydrogens (tertiary/aromatic N) is 3. The fourth-order valence-electron chi connectivity index (χ4n) is 3.09. The number of aryl methyl sites for hydroxylation is 1. The van der Waals surface area contributed by atoms with Crippen molar-refractivity contribution < 1.29 is 13.9 Å². The summed E-state index contributed by atoms with van der Waals surface area (Å²) >= 11 is 1.27. The Kier molecular flexibility index (Phi) is 8.05. The first kappa shape index (κ1) is 23.5. The first-order chi connectivity index (χ1) is 15.4. The van der Waals surface area contributed by atoms with Crippen molar-refractivity contribution >= 4 is 23.4 Å². The molecule has 3 rings (SSSR count). The van der Waals surface area contributed by atoms with Crippen LogP contribution in [0.4, 0.5) is 10.1 Å². The highest BCUT2D eigenvalue weighted by molar-refractivity contribution is 7.99. The molecule has 0 saturated heterocycles. The molecule has 0 radical (unpaired) electrons. The van der Waals surface area contributed by atoms with Gasteiger partial charge in [-0.3, -0.25) is 9.36 Å². The molecule has 3 aromatic rings. The number of ether oxygens (including phenoxy) is 1. The summed E-state index contributed by atoms with van der Waals surface area (Å²) in [7, 11) is 0. The summed E-state index contributed by atoms with van der Waals surface area (Å²) < 4.78 is 21.0. The van der Waals surface area contributed by atoms with Gasteiger partial charge in [0, 0.05) is 12.2 Å². The molecule has 0 aliphatic rings.